The van der Waals surface area contributed by atoms with Crippen LogP contribution in [0.3, 0.4) is 0 Å². The predicted octanol–water partition coefficient (Wildman–Crippen LogP) is 4.27. The van der Waals surface area contributed by atoms with Crippen molar-refractivity contribution >= 4 is 11.9 Å². The van der Waals surface area contributed by atoms with E-state index in [4.69, 9.17) is 10.5 Å². The Morgan fingerprint density at radius 1 is 1.44 bits per heavy atom. The number of carbonyl (C=O) groups excluding carboxylic acids is 1. The fraction of sp³-hybridized carbons (Fsp3) is 0.474. The first kappa shape index (κ1) is 20.8. The third-order valence-electron chi connectivity index (χ3n) is 3.85. The standard InChI is InChI=1S/C17H22FN3O2.C2H6/c1-11-8-13(10-14(18)9-11)15-5-6-16(19)21(15)17(23)20-12(2)4-3-7-22;1-2/h8-10,15,19,22H,2-7H2,1H3,(H,20,23);1-2H3. The number of aryl methyl sites for hydroxylation is 1. The van der Waals surface area contributed by atoms with Crippen LogP contribution in [-0.2, 0) is 0 Å². The summed E-state index contributed by atoms with van der Waals surface area (Å²) in [5.74, 6) is -0.129. The van der Waals surface area contributed by atoms with Gasteiger partial charge in [0.25, 0.3) is 0 Å². The molecule has 3 N–H and O–H groups in total. The molecule has 25 heavy (non-hydrogen) atoms. The molecule has 5 nitrogen and oxygen atoms in total. The number of urea groups is 1. The summed E-state index contributed by atoms with van der Waals surface area (Å²) in [4.78, 5) is 13.8. The number of rotatable bonds is 5. The Hall–Kier alpha value is -2.21. The number of carbonyl (C=O) groups is 1. The van der Waals surface area contributed by atoms with E-state index in [1.54, 1.807) is 6.92 Å². The fourth-order valence-corrected chi connectivity index (χ4v) is 2.81. The summed E-state index contributed by atoms with van der Waals surface area (Å²) in [6, 6.07) is 3.92. The summed E-state index contributed by atoms with van der Waals surface area (Å²) < 4.78 is 13.6. The first-order valence-corrected chi connectivity index (χ1v) is 8.65. The number of aliphatic hydroxyl groups excluding tert-OH is 1. The lowest BCUT2D eigenvalue weighted by Crippen LogP contribution is -2.41. The number of hydrogen-bond acceptors (Lipinski definition) is 3. The van der Waals surface area contributed by atoms with Gasteiger partial charge in [0.2, 0.25) is 0 Å². The van der Waals surface area contributed by atoms with Gasteiger partial charge in [0.05, 0.1) is 6.04 Å². The molecule has 1 saturated heterocycles. The van der Waals surface area contributed by atoms with Crippen molar-refractivity contribution in [2.75, 3.05) is 6.61 Å². The van der Waals surface area contributed by atoms with Crippen molar-refractivity contribution in [3.8, 4) is 0 Å². The average molecular weight is 349 g/mol. The minimum absolute atomic E-state index is 0.0274. The van der Waals surface area contributed by atoms with Gasteiger partial charge in [-0.05, 0) is 49.4 Å². The van der Waals surface area contributed by atoms with Crippen LogP contribution < -0.4 is 5.32 Å². The van der Waals surface area contributed by atoms with Crippen molar-refractivity contribution in [2.45, 2.75) is 52.5 Å². The number of hydrogen-bond donors (Lipinski definition) is 3. The van der Waals surface area contributed by atoms with Crippen LogP contribution in [-0.4, -0.2) is 28.5 Å². The molecule has 138 valence electrons. The highest BCUT2D eigenvalue weighted by Crippen LogP contribution is 2.34. The summed E-state index contributed by atoms with van der Waals surface area (Å²) in [6.07, 6.45) is 2.06. The average Bonchev–Trinajstić information content (AvgIpc) is 2.95. The lowest BCUT2D eigenvalue weighted by atomic mass is 10.0. The van der Waals surface area contributed by atoms with Gasteiger partial charge in [-0.1, -0.05) is 26.5 Å². The van der Waals surface area contributed by atoms with Crippen molar-refractivity contribution in [2.24, 2.45) is 0 Å². The molecular formula is C19H28FN3O2. The van der Waals surface area contributed by atoms with Crippen LogP contribution in [0.15, 0.2) is 30.5 Å². The summed E-state index contributed by atoms with van der Waals surface area (Å²) in [7, 11) is 0. The zero-order valence-electron chi connectivity index (χ0n) is 15.2. The molecule has 1 aromatic carbocycles. The predicted molar refractivity (Wildman–Crippen MR) is 98.0 cm³/mol. The highest BCUT2D eigenvalue weighted by molar-refractivity contribution is 5.98. The van der Waals surface area contributed by atoms with E-state index in [1.165, 1.54) is 17.0 Å². The Morgan fingerprint density at radius 3 is 2.72 bits per heavy atom. The van der Waals surface area contributed by atoms with Crippen LogP contribution in [0.2, 0.25) is 0 Å². The molecule has 1 fully saturated rings. The van der Waals surface area contributed by atoms with E-state index >= 15 is 0 Å². The van der Waals surface area contributed by atoms with Crippen LogP contribution in [0.5, 0.6) is 0 Å². The molecule has 1 aliphatic heterocycles. The van der Waals surface area contributed by atoms with Gasteiger partial charge in [-0.3, -0.25) is 10.3 Å². The lowest BCUT2D eigenvalue weighted by molar-refractivity contribution is 0.214. The maximum absolute atomic E-state index is 13.6. The maximum Gasteiger partial charge on any atom is 0.327 e. The van der Waals surface area contributed by atoms with Gasteiger partial charge in [-0.15, -0.1) is 0 Å². The topological polar surface area (TPSA) is 76.4 Å². The van der Waals surface area contributed by atoms with E-state index in [0.29, 0.717) is 36.9 Å². The molecule has 0 radical (unpaired) electrons. The smallest absolute Gasteiger partial charge is 0.327 e. The van der Waals surface area contributed by atoms with Crippen LogP contribution in [0.25, 0.3) is 0 Å². The molecule has 0 spiro atoms. The largest absolute Gasteiger partial charge is 0.396 e. The third kappa shape index (κ3) is 5.67. The van der Waals surface area contributed by atoms with Gasteiger partial charge in [-0.2, -0.15) is 0 Å². The number of allylic oxidation sites excluding steroid dienone is 1. The Bertz CT molecular complexity index is 611. The lowest BCUT2D eigenvalue weighted by Gasteiger charge is -2.26. The van der Waals surface area contributed by atoms with Crippen LogP contribution in [0.1, 0.15) is 56.7 Å². The minimum Gasteiger partial charge on any atom is -0.396 e. The van der Waals surface area contributed by atoms with Crippen molar-refractivity contribution in [3.05, 3.63) is 47.4 Å². The Morgan fingerprint density at radius 2 is 2.12 bits per heavy atom. The van der Waals surface area contributed by atoms with Crippen molar-refractivity contribution in [1.29, 1.82) is 5.41 Å². The summed E-state index contributed by atoms with van der Waals surface area (Å²) in [6.45, 7) is 9.58. The Kier molecular flexibility index (Phi) is 8.28. The van der Waals surface area contributed by atoms with Crippen molar-refractivity contribution in [3.63, 3.8) is 0 Å². The van der Waals surface area contributed by atoms with E-state index in [-0.39, 0.29) is 24.3 Å². The maximum atomic E-state index is 13.6. The molecule has 1 atom stereocenters. The number of amidine groups is 1. The molecular weight excluding hydrogens is 321 g/mol. The minimum atomic E-state index is -0.428. The number of halogens is 1. The van der Waals surface area contributed by atoms with Crippen LogP contribution in [0, 0.1) is 18.2 Å². The van der Waals surface area contributed by atoms with Crippen LogP contribution in [0.4, 0.5) is 9.18 Å². The molecule has 1 unspecified atom stereocenters. The molecule has 1 aliphatic rings. The van der Waals surface area contributed by atoms with E-state index in [0.717, 1.165) is 5.56 Å². The molecule has 0 aromatic heterocycles. The third-order valence-corrected chi connectivity index (χ3v) is 3.85. The number of likely N-dealkylation sites (tertiary alicyclic amines) is 1. The zero-order valence-corrected chi connectivity index (χ0v) is 15.2. The van der Waals surface area contributed by atoms with Gasteiger partial charge in [-0.25, -0.2) is 9.18 Å². The van der Waals surface area contributed by atoms with E-state index in [2.05, 4.69) is 11.9 Å². The Balaban J connectivity index is 0.00000151. The second-order valence-corrected chi connectivity index (χ2v) is 5.79. The van der Waals surface area contributed by atoms with Gasteiger partial charge < -0.3 is 10.4 Å². The van der Waals surface area contributed by atoms with E-state index in [9.17, 15) is 9.18 Å². The van der Waals surface area contributed by atoms with Gasteiger partial charge in [0.1, 0.15) is 11.7 Å². The monoisotopic (exact) mass is 349 g/mol. The highest BCUT2D eigenvalue weighted by Gasteiger charge is 2.34. The molecule has 2 amide bonds. The molecule has 1 aromatic rings. The van der Waals surface area contributed by atoms with E-state index in [1.807, 2.05) is 19.9 Å². The number of amides is 2. The SMILES string of the molecule is C=C(CCCO)NC(=O)N1C(=N)CCC1c1cc(C)cc(F)c1.CC. The second-order valence-electron chi connectivity index (χ2n) is 5.79. The molecule has 2 rings (SSSR count). The van der Waals surface area contributed by atoms with E-state index < -0.39 is 6.03 Å². The summed E-state index contributed by atoms with van der Waals surface area (Å²) >= 11 is 0. The number of nitrogens with zero attached hydrogens (tertiary/aromatic N) is 1. The second kappa shape index (κ2) is 9.93. The number of aliphatic hydroxyl groups is 1. The summed E-state index contributed by atoms with van der Waals surface area (Å²) in [5.41, 5.74) is 1.98. The molecule has 0 bridgehead atoms. The first-order chi connectivity index (χ1) is 11.9. The summed E-state index contributed by atoms with van der Waals surface area (Å²) in [5, 5.41) is 19.5. The number of benzene rings is 1. The number of nitrogens with one attached hydrogen (secondary N) is 2. The van der Waals surface area contributed by atoms with Gasteiger partial charge >= 0.3 is 6.03 Å². The highest BCUT2D eigenvalue weighted by atomic mass is 19.1. The van der Waals surface area contributed by atoms with Crippen molar-refractivity contribution < 1.29 is 14.3 Å². The van der Waals surface area contributed by atoms with Gasteiger partial charge in [0.15, 0.2) is 0 Å². The fourth-order valence-electron chi connectivity index (χ4n) is 2.81. The molecule has 6 heteroatoms. The normalized spacial score (nSPS) is 16.3. The zero-order chi connectivity index (χ0) is 19.0. The molecule has 0 aliphatic carbocycles. The molecule has 1 heterocycles. The quantitative estimate of drug-likeness (QED) is 0.742. The van der Waals surface area contributed by atoms with Crippen molar-refractivity contribution in [1.82, 2.24) is 10.2 Å². The van der Waals surface area contributed by atoms with Crippen LogP contribution >= 0.6 is 0 Å². The molecule has 0 saturated carbocycles. The first-order valence-electron chi connectivity index (χ1n) is 8.65. The Labute approximate surface area is 149 Å². The van der Waals surface area contributed by atoms with Gasteiger partial charge in [0, 0.05) is 18.7 Å².